The first kappa shape index (κ1) is 15.9. The quantitative estimate of drug-likeness (QED) is 0.731. The van der Waals surface area contributed by atoms with E-state index in [4.69, 9.17) is 0 Å². The van der Waals surface area contributed by atoms with Gasteiger partial charge in [0.25, 0.3) is 0 Å². The molecule has 126 valence electrons. The molecule has 2 aliphatic rings. The minimum absolute atomic E-state index is 0.707. The summed E-state index contributed by atoms with van der Waals surface area (Å²) in [5.41, 5.74) is 5.28. The zero-order valence-corrected chi connectivity index (χ0v) is 14.7. The van der Waals surface area contributed by atoms with E-state index < -0.39 is 0 Å². The van der Waals surface area contributed by atoms with Gasteiger partial charge < -0.3 is 4.90 Å². The van der Waals surface area contributed by atoms with Crippen molar-refractivity contribution >= 4 is 0 Å². The zero-order valence-electron chi connectivity index (χ0n) is 14.7. The molecule has 0 spiro atoms. The Bertz CT molecular complexity index is 761. The van der Waals surface area contributed by atoms with Crippen LogP contribution in [-0.4, -0.2) is 9.88 Å². The van der Waals surface area contributed by atoms with Crippen LogP contribution in [0.15, 0.2) is 90.3 Å². The summed E-state index contributed by atoms with van der Waals surface area (Å²) in [6, 6.07) is 16.9. The van der Waals surface area contributed by atoms with Gasteiger partial charge in [0.1, 0.15) is 0 Å². The lowest BCUT2D eigenvalue weighted by molar-refractivity contribution is 0.327. The highest BCUT2D eigenvalue weighted by atomic mass is 15.1. The maximum Gasteiger partial charge on any atom is 0.0605 e. The molecule has 1 aromatic heterocycles. The lowest BCUT2D eigenvalue weighted by Crippen LogP contribution is -2.25. The molecule has 0 bridgehead atoms. The summed E-state index contributed by atoms with van der Waals surface area (Å²) in [6.45, 7) is 3.88. The van der Waals surface area contributed by atoms with Crippen LogP contribution in [0.3, 0.4) is 0 Å². The Kier molecular flexibility index (Phi) is 4.51. The molecule has 2 heteroatoms. The van der Waals surface area contributed by atoms with Crippen LogP contribution in [0.4, 0.5) is 0 Å². The van der Waals surface area contributed by atoms with Crippen molar-refractivity contribution in [3.8, 4) is 0 Å². The van der Waals surface area contributed by atoms with Crippen molar-refractivity contribution in [3.05, 3.63) is 102 Å². The molecule has 1 heterocycles. The summed E-state index contributed by atoms with van der Waals surface area (Å²) in [5.74, 6) is 1.46. The van der Waals surface area contributed by atoms with Crippen LogP contribution in [0, 0.1) is 11.8 Å². The molecule has 0 aliphatic heterocycles. The van der Waals surface area contributed by atoms with Crippen LogP contribution in [0.25, 0.3) is 0 Å². The molecule has 0 saturated heterocycles. The van der Waals surface area contributed by atoms with E-state index in [1.54, 1.807) is 0 Å². The van der Waals surface area contributed by atoms with Gasteiger partial charge in [-0.3, -0.25) is 4.98 Å². The summed E-state index contributed by atoms with van der Waals surface area (Å²) in [4.78, 5) is 7.02. The summed E-state index contributed by atoms with van der Waals surface area (Å²) >= 11 is 0. The van der Waals surface area contributed by atoms with Crippen molar-refractivity contribution in [2.45, 2.75) is 26.4 Å². The smallest absolute Gasteiger partial charge is 0.0605 e. The average Bonchev–Trinajstić information content (AvgIpc) is 3.44. The molecule has 0 N–H and O–H groups in total. The molecule has 2 unspecified atom stereocenters. The summed E-state index contributed by atoms with van der Waals surface area (Å²) in [7, 11) is 0. The fraction of sp³-hybridized carbons (Fsp3) is 0.261. The molecule has 25 heavy (non-hydrogen) atoms. The minimum Gasteiger partial charge on any atom is -0.361 e. The van der Waals surface area contributed by atoms with Crippen molar-refractivity contribution in [1.29, 1.82) is 0 Å². The van der Waals surface area contributed by atoms with Gasteiger partial charge in [-0.1, -0.05) is 60.7 Å². The molecular formula is C23H24N2. The van der Waals surface area contributed by atoms with Crippen LogP contribution < -0.4 is 0 Å². The van der Waals surface area contributed by atoms with Crippen molar-refractivity contribution in [2.75, 3.05) is 0 Å². The van der Waals surface area contributed by atoms with Gasteiger partial charge in [0.2, 0.25) is 0 Å². The van der Waals surface area contributed by atoms with E-state index in [0.717, 1.165) is 24.7 Å². The van der Waals surface area contributed by atoms with Crippen LogP contribution in [0.2, 0.25) is 0 Å². The van der Waals surface area contributed by atoms with E-state index in [2.05, 4.69) is 83.6 Å². The maximum atomic E-state index is 4.55. The molecule has 2 atom stereocenters. The number of allylic oxidation sites excluding steroid dienone is 5. The van der Waals surface area contributed by atoms with Gasteiger partial charge >= 0.3 is 0 Å². The van der Waals surface area contributed by atoms with Gasteiger partial charge in [-0.25, -0.2) is 0 Å². The summed E-state index contributed by atoms with van der Waals surface area (Å²) < 4.78 is 0. The Hall–Kier alpha value is -2.61. The number of hydrogen-bond acceptors (Lipinski definition) is 2. The Balaban J connectivity index is 1.63. The van der Waals surface area contributed by atoms with Gasteiger partial charge in [0.15, 0.2) is 0 Å². The Morgan fingerprint density at radius 3 is 2.72 bits per heavy atom. The molecule has 1 saturated carbocycles. The first-order valence-corrected chi connectivity index (χ1v) is 9.09. The standard InChI is InChI=1S/C23H24N2/c1-2-23(21-13-8-11-19-15-22(19)21)25(16-18-9-4-3-5-10-18)17-20-12-6-7-14-24-20/h2-14,19,22H,15-17H2,1H3. The monoisotopic (exact) mass is 328 g/mol. The van der Waals surface area contributed by atoms with E-state index in [1.807, 2.05) is 12.3 Å². The van der Waals surface area contributed by atoms with E-state index in [1.165, 1.54) is 23.3 Å². The zero-order chi connectivity index (χ0) is 17.1. The van der Waals surface area contributed by atoms with E-state index in [-0.39, 0.29) is 0 Å². The molecule has 0 radical (unpaired) electrons. The van der Waals surface area contributed by atoms with Crippen molar-refractivity contribution in [1.82, 2.24) is 9.88 Å². The molecule has 1 aromatic carbocycles. The van der Waals surface area contributed by atoms with E-state index in [9.17, 15) is 0 Å². The summed E-state index contributed by atoms with van der Waals surface area (Å²) in [6.07, 6.45) is 12.3. The minimum atomic E-state index is 0.707. The number of fused-ring (bicyclic) bond motifs is 1. The van der Waals surface area contributed by atoms with Crippen LogP contribution in [0.1, 0.15) is 24.6 Å². The number of rotatable bonds is 6. The largest absolute Gasteiger partial charge is 0.361 e. The lowest BCUT2D eigenvalue weighted by atomic mass is 9.99. The SMILES string of the molecule is CC=C(C1=CC=CC2CC12)N(Cc1ccccc1)Cc1ccccn1. The molecule has 2 aliphatic carbocycles. The van der Waals surface area contributed by atoms with Gasteiger partial charge in [0, 0.05) is 18.4 Å². The molecule has 2 nitrogen and oxygen atoms in total. The lowest BCUT2D eigenvalue weighted by Gasteiger charge is -2.30. The van der Waals surface area contributed by atoms with Crippen LogP contribution in [-0.2, 0) is 13.1 Å². The fourth-order valence-electron chi connectivity index (χ4n) is 3.73. The fourth-order valence-corrected chi connectivity index (χ4v) is 3.73. The van der Waals surface area contributed by atoms with Gasteiger partial charge in [-0.15, -0.1) is 0 Å². The molecule has 0 amide bonds. The number of hydrogen-bond donors (Lipinski definition) is 0. The van der Waals surface area contributed by atoms with Crippen LogP contribution >= 0.6 is 0 Å². The predicted octanol–water partition coefficient (Wildman–Crippen LogP) is 5.12. The third-order valence-electron chi connectivity index (χ3n) is 5.08. The highest BCUT2D eigenvalue weighted by molar-refractivity contribution is 5.43. The van der Waals surface area contributed by atoms with Gasteiger partial charge in [-0.05, 0) is 48.4 Å². The second-order valence-electron chi connectivity index (χ2n) is 6.85. The molecule has 4 rings (SSSR count). The van der Waals surface area contributed by atoms with Crippen molar-refractivity contribution in [3.63, 3.8) is 0 Å². The Morgan fingerprint density at radius 1 is 1.12 bits per heavy atom. The number of nitrogens with zero attached hydrogens (tertiary/aromatic N) is 2. The van der Waals surface area contributed by atoms with Crippen molar-refractivity contribution < 1.29 is 0 Å². The van der Waals surface area contributed by atoms with Gasteiger partial charge in [0.05, 0.1) is 12.2 Å². The van der Waals surface area contributed by atoms with Crippen molar-refractivity contribution in [2.24, 2.45) is 11.8 Å². The Morgan fingerprint density at radius 2 is 1.96 bits per heavy atom. The average molecular weight is 328 g/mol. The normalized spacial score (nSPS) is 21.5. The first-order chi connectivity index (χ1) is 12.3. The second kappa shape index (κ2) is 7.10. The second-order valence-corrected chi connectivity index (χ2v) is 6.85. The predicted molar refractivity (Wildman–Crippen MR) is 103 cm³/mol. The highest BCUT2D eigenvalue weighted by Crippen LogP contribution is 2.50. The first-order valence-electron chi connectivity index (χ1n) is 9.09. The number of benzene rings is 1. The molecular weight excluding hydrogens is 304 g/mol. The molecule has 1 fully saturated rings. The van der Waals surface area contributed by atoms with Gasteiger partial charge in [-0.2, -0.15) is 0 Å². The summed E-state index contributed by atoms with van der Waals surface area (Å²) in [5, 5.41) is 0. The maximum absolute atomic E-state index is 4.55. The number of aromatic nitrogens is 1. The highest BCUT2D eigenvalue weighted by Gasteiger charge is 2.41. The topological polar surface area (TPSA) is 16.1 Å². The Labute approximate surface area is 150 Å². The van der Waals surface area contributed by atoms with E-state index in [0.29, 0.717) is 5.92 Å². The number of pyridine rings is 1. The molecule has 2 aromatic rings. The third-order valence-corrected chi connectivity index (χ3v) is 5.08. The van der Waals surface area contributed by atoms with Crippen LogP contribution in [0.5, 0.6) is 0 Å². The van der Waals surface area contributed by atoms with E-state index >= 15 is 0 Å². The third kappa shape index (κ3) is 3.58.